The molecule has 3 aromatic rings. The highest BCUT2D eigenvalue weighted by Crippen LogP contribution is 2.26. The topological polar surface area (TPSA) is 76.4 Å². The molecule has 0 unspecified atom stereocenters. The normalized spacial score (nSPS) is 12.0. The van der Waals surface area contributed by atoms with E-state index in [2.05, 4.69) is 14.8 Å². The highest BCUT2D eigenvalue weighted by atomic mass is 35.5. The fourth-order valence-electron chi connectivity index (χ4n) is 2.13. The minimum atomic E-state index is -4.05. The van der Waals surface area contributed by atoms with Crippen molar-refractivity contribution in [2.24, 2.45) is 0 Å². The summed E-state index contributed by atoms with van der Waals surface area (Å²) >= 11 is 6.96. The van der Waals surface area contributed by atoms with E-state index in [-0.39, 0.29) is 15.7 Å². The summed E-state index contributed by atoms with van der Waals surface area (Å²) in [5.41, 5.74) is 0.198. The van der Waals surface area contributed by atoms with Crippen LogP contribution >= 0.6 is 22.9 Å². The molecule has 0 atom stereocenters. The van der Waals surface area contributed by atoms with Crippen molar-refractivity contribution >= 4 is 43.6 Å². The molecule has 0 saturated heterocycles. The average molecular weight is 375 g/mol. The first-order chi connectivity index (χ1) is 10.8. The molecular formula is C13H12ClFN4O2S2. The molecule has 3 rings (SSSR count). The number of aromatic nitrogens is 3. The highest BCUT2D eigenvalue weighted by molar-refractivity contribution is 7.92. The number of anilines is 1. The molecule has 0 aliphatic carbocycles. The molecule has 0 spiro atoms. The van der Waals surface area contributed by atoms with Crippen LogP contribution in [0.25, 0.3) is 4.96 Å². The molecule has 0 aliphatic heterocycles. The Morgan fingerprint density at radius 1 is 1.43 bits per heavy atom. The zero-order valence-corrected chi connectivity index (χ0v) is 14.6. The van der Waals surface area contributed by atoms with Gasteiger partial charge >= 0.3 is 0 Å². The summed E-state index contributed by atoms with van der Waals surface area (Å²) in [6.07, 6.45) is 0.411. The summed E-state index contributed by atoms with van der Waals surface area (Å²) in [7, 11) is -4.05. The van der Waals surface area contributed by atoms with Crippen LogP contribution in [0.5, 0.6) is 0 Å². The fourth-order valence-corrected chi connectivity index (χ4v) is 4.52. The van der Waals surface area contributed by atoms with Crippen LogP contribution in [0, 0.1) is 12.7 Å². The third kappa shape index (κ3) is 2.91. The number of nitrogens with one attached hydrogen (secondary N) is 1. The third-order valence-electron chi connectivity index (χ3n) is 3.10. The summed E-state index contributed by atoms with van der Waals surface area (Å²) in [6.45, 7) is 3.55. The van der Waals surface area contributed by atoms with E-state index in [9.17, 15) is 12.8 Å². The zero-order chi connectivity index (χ0) is 16.8. The summed E-state index contributed by atoms with van der Waals surface area (Å²) in [4.78, 5) is 4.76. The first kappa shape index (κ1) is 16.2. The minimum Gasteiger partial charge on any atom is -0.275 e. The lowest BCUT2D eigenvalue weighted by Crippen LogP contribution is -2.18. The van der Waals surface area contributed by atoms with E-state index in [4.69, 9.17) is 11.6 Å². The van der Waals surface area contributed by atoms with Crippen molar-refractivity contribution in [2.45, 2.75) is 25.3 Å². The largest absolute Gasteiger partial charge is 0.281 e. The number of aryl methyl sites for hydroxylation is 2. The van der Waals surface area contributed by atoms with E-state index in [1.54, 1.807) is 13.8 Å². The number of halogens is 2. The van der Waals surface area contributed by atoms with Gasteiger partial charge in [0.15, 0.2) is 0 Å². The predicted molar refractivity (Wildman–Crippen MR) is 87.2 cm³/mol. The summed E-state index contributed by atoms with van der Waals surface area (Å²) in [5.74, 6) is -0.755. The van der Waals surface area contributed by atoms with Crippen molar-refractivity contribution < 1.29 is 12.8 Å². The van der Waals surface area contributed by atoms with E-state index in [1.165, 1.54) is 28.0 Å². The Morgan fingerprint density at radius 2 is 2.17 bits per heavy atom. The molecule has 6 nitrogen and oxygen atoms in total. The van der Waals surface area contributed by atoms with Crippen LogP contribution in [-0.4, -0.2) is 23.0 Å². The van der Waals surface area contributed by atoms with Gasteiger partial charge in [0.05, 0.1) is 11.4 Å². The van der Waals surface area contributed by atoms with Gasteiger partial charge in [0, 0.05) is 5.02 Å². The molecule has 0 amide bonds. The van der Waals surface area contributed by atoms with Gasteiger partial charge in [0.2, 0.25) is 9.99 Å². The van der Waals surface area contributed by atoms with Gasteiger partial charge in [-0.25, -0.2) is 9.37 Å². The number of rotatable bonds is 4. The van der Waals surface area contributed by atoms with E-state index < -0.39 is 15.8 Å². The molecule has 0 bridgehead atoms. The van der Waals surface area contributed by atoms with Crippen molar-refractivity contribution in [1.82, 2.24) is 14.6 Å². The molecule has 1 N–H and O–H groups in total. The van der Waals surface area contributed by atoms with Crippen LogP contribution in [0.3, 0.4) is 0 Å². The Labute approximate surface area is 141 Å². The van der Waals surface area contributed by atoms with Crippen molar-refractivity contribution in [3.05, 3.63) is 39.7 Å². The predicted octanol–water partition coefficient (Wildman–Crippen LogP) is 3.25. The SMILES string of the molecule is CCc1nc2sc(C)nn2c1S(=O)(=O)Nc1ccc(Cl)cc1F. The summed E-state index contributed by atoms with van der Waals surface area (Å²) < 4.78 is 42.8. The number of benzene rings is 1. The Hall–Kier alpha value is -1.71. The first-order valence-corrected chi connectivity index (χ1v) is 9.32. The second kappa shape index (κ2) is 5.73. The van der Waals surface area contributed by atoms with Gasteiger partial charge in [-0.3, -0.25) is 4.72 Å². The number of hydrogen-bond donors (Lipinski definition) is 1. The van der Waals surface area contributed by atoms with Crippen LogP contribution in [-0.2, 0) is 16.4 Å². The van der Waals surface area contributed by atoms with Crippen molar-refractivity contribution in [3.8, 4) is 0 Å². The van der Waals surface area contributed by atoms with Crippen molar-refractivity contribution in [2.75, 3.05) is 4.72 Å². The van der Waals surface area contributed by atoms with Crippen LogP contribution in [0.2, 0.25) is 5.02 Å². The Bertz CT molecular complexity index is 997. The van der Waals surface area contributed by atoms with E-state index in [1.807, 2.05) is 0 Å². The number of fused-ring (bicyclic) bond motifs is 1. The number of sulfonamides is 1. The maximum atomic E-state index is 13.9. The van der Waals surface area contributed by atoms with Gasteiger partial charge in [0.1, 0.15) is 10.8 Å². The smallest absolute Gasteiger partial charge is 0.275 e. The van der Waals surface area contributed by atoms with E-state index in [0.717, 1.165) is 6.07 Å². The Kier molecular flexibility index (Phi) is 4.03. The average Bonchev–Trinajstić information content (AvgIpc) is 2.97. The van der Waals surface area contributed by atoms with Crippen LogP contribution in [0.15, 0.2) is 23.2 Å². The van der Waals surface area contributed by atoms with Crippen molar-refractivity contribution in [3.63, 3.8) is 0 Å². The minimum absolute atomic E-state index is 0.0753. The third-order valence-corrected chi connectivity index (χ3v) is 5.56. The molecule has 0 radical (unpaired) electrons. The number of nitrogens with zero attached hydrogens (tertiary/aromatic N) is 3. The molecule has 0 fully saturated rings. The Balaban J connectivity index is 2.12. The zero-order valence-electron chi connectivity index (χ0n) is 12.2. The molecule has 1 aromatic carbocycles. The fraction of sp³-hybridized carbons (Fsp3) is 0.231. The quantitative estimate of drug-likeness (QED) is 0.760. The summed E-state index contributed by atoms with van der Waals surface area (Å²) in [6, 6.07) is 3.71. The van der Waals surface area contributed by atoms with Crippen LogP contribution in [0.4, 0.5) is 10.1 Å². The maximum absolute atomic E-state index is 13.9. The van der Waals surface area contributed by atoms with Crippen LogP contribution in [0.1, 0.15) is 17.6 Å². The molecule has 23 heavy (non-hydrogen) atoms. The summed E-state index contributed by atoms with van der Waals surface area (Å²) in [5, 5.41) is 4.96. The lowest BCUT2D eigenvalue weighted by molar-refractivity contribution is 0.589. The number of hydrogen-bond acceptors (Lipinski definition) is 5. The van der Waals surface area contributed by atoms with Crippen molar-refractivity contribution in [1.29, 1.82) is 0 Å². The van der Waals surface area contributed by atoms with Gasteiger partial charge < -0.3 is 0 Å². The lowest BCUT2D eigenvalue weighted by Gasteiger charge is -2.09. The lowest BCUT2D eigenvalue weighted by atomic mass is 10.3. The Morgan fingerprint density at radius 3 is 2.83 bits per heavy atom. The highest BCUT2D eigenvalue weighted by Gasteiger charge is 2.27. The maximum Gasteiger partial charge on any atom is 0.281 e. The molecule has 0 aliphatic rings. The van der Waals surface area contributed by atoms with Gasteiger partial charge in [0.25, 0.3) is 10.0 Å². The molecule has 10 heteroatoms. The first-order valence-electron chi connectivity index (χ1n) is 6.64. The monoisotopic (exact) mass is 374 g/mol. The molecule has 122 valence electrons. The standard InChI is InChI=1S/C13H12ClFN4O2S2/c1-3-10-12(19-13(16-10)22-7(2)17-19)23(20,21)18-11-5-4-8(14)6-9(11)15/h4-6,18H,3H2,1-2H3. The van der Waals surface area contributed by atoms with Crippen LogP contribution < -0.4 is 4.72 Å². The van der Waals surface area contributed by atoms with Gasteiger partial charge in [-0.15, -0.1) is 0 Å². The molecular weight excluding hydrogens is 363 g/mol. The number of imidazole rings is 1. The van der Waals surface area contributed by atoms with Gasteiger partial charge in [-0.05, 0) is 31.5 Å². The molecule has 2 heterocycles. The second-order valence-corrected chi connectivity index (χ2v) is 7.96. The van der Waals surface area contributed by atoms with Gasteiger partial charge in [-0.1, -0.05) is 29.9 Å². The van der Waals surface area contributed by atoms with E-state index in [0.29, 0.717) is 22.1 Å². The molecule has 2 aromatic heterocycles. The van der Waals surface area contributed by atoms with E-state index >= 15 is 0 Å². The van der Waals surface area contributed by atoms with Gasteiger partial charge in [-0.2, -0.15) is 18.0 Å². The molecule has 0 saturated carbocycles. The second-order valence-electron chi connectivity index (χ2n) is 4.76.